The van der Waals surface area contributed by atoms with E-state index in [1.54, 1.807) is 59.5 Å². The van der Waals surface area contributed by atoms with E-state index in [1.807, 2.05) is 96.4 Å². The van der Waals surface area contributed by atoms with Gasteiger partial charge in [-0.1, -0.05) is 71.1 Å². The van der Waals surface area contributed by atoms with Crippen LogP contribution >= 0.6 is 70.0 Å². The number of nitrogens with zero attached hydrogens (tertiary/aromatic N) is 1. The van der Waals surface area contributed by atoms with Gasteiger partial charge in [0.2, 0.25) is 5.91 Å². The van der Waals surface area contributed by atoms with E-state index in [1.165, 1.54) is 11.1 Å². The number of amides is 3. The minimum absolute atomic E-state index is 0.0737. The molecule has 19 heteroatoms. The molecule has 7 aromatic carbocycles. The molecule has 3 amide bonds. The number of fused-ring (bicyclic) bond motifs is 11. The molecule has 10 N–H and O–H groups in total. The number of anilines is 5. The number of H-pyrrole nitrogens is 3. The average Bonchev–Trinajstić information content (AvgIpc) is 4.47. The number of aromatic hydroxyl groups is 3. The fourth-order valence-corrected chi connectivity index (χ4v) is 12.0. The molecule has 0 saturated heterocycles. The maximum absolute atomic E-state index is 13.8. The number of hydrogen-bond acceptors (Lipinski definition) is 9. The zero-order chi connectivity index (χ0) is 56.4. The van der Waals surface area contributed by atoms with Crippen LogP contribution in [0.5, 0.6) is 17.2 Å². The highest BCUT2D eigenvalue weighted by Crippen LogP contribution is 2.47. The van der Waals surface area contributed by atoms with Crippen molar-refractivity contribution in [2.75, 3.05) is 74.1 Å². The Morgan fingerprint density at radius 1 is 0.684 bits per heavy atom. The number of aryl methyl sites for hydroxylation is 1. The van der Waals surface area contributed by atoms with E-state index in [-0.39, 0.29) is 29.4 Å². The Morgan fingerprint density at radius 2 is 1.22 bits per heavy atom. The summed E-state index contributed by atoms with van der Waals surface area (Å²) in [5.41, 5.74) is 11.5. The second kappa shape index (κ2) is 23.8. The number of benzene rings is 7. The van der Waals surface area contributed by atoms with Crippen LogP contribution in [0.3, 0.4) is 0 Å². The average molecular weight is 1250 g/mol. The van der Waals surface area contributed by atoms with Crippen molar-refractivity contribution in [2.24, 2.45) is 0 Å². The number of nitrogens with one attached hydrogen (secondary N) is 7. The van der Waals surface area contributed by atoms with Gasteiger partial charge in [0.1, 0.15) is 28.6 Å². The number of hydrogen-bond donors (Lipinski definition) is 11. The van der Waals surface area contributed by atoms with Crippen molar-refractivity contribution in [3.63, 3.8) is 0 Å². The van der Waals surface area contributed by atoms with E-state index in [2.05, 4.69) is 48.8 Å². The van der Waals surface area contributed by atoms with Crippen molar-refractivity contribution in [1.82, 2.24) is 15.0 Å². The fourth-order valence-electron chi connectivity index (χ4n) is 11.0. The second-order valence-electron chi connectivity index (χ2n) is 19.5. The molecular weight excluding hydrogens is 1190 g/mol. The molecule has 3 aliphatic rings. The van der Waals surface area contributed by atoms with Gasteiger partial charge in [0, 0.05) is 148 Å². The Morgan fingerprint density at radius 3 is 1.84 bits per heavy atom. The summed E-state index contributed by atoms with van der Waals surface area (Å²) >= 11 is 24.4. The standard InChI is InChI=1S/C34H28ClN5O4S.C13H12ClNO.C12H13ClN2O.CH3I/c35-16-20-17-40(29-15-30(41)23-3-1-2-4-24(23)32(20)29)34(44)28-14-19-12-22(6-8-26(19)39-28)37-33(43)27-13-18-11-21(5-7-25(18)38-27)36-31(42)9-10-45;14-6-8-7-15-11-5-12(16)9-3-1-2-4-10(9)13(8)11;1-6-4-15-12-9(16)2-8-11(10(6)12)7(3-13)5-14-8;1-2/h1-8,11-15,20,38-39,41,45H,9-10,16-17H2,(H,36,42)(H,37,43);1-5,8,15-16H,6-7H2;2,4,7,14-16H,3,5H2,1H3;1H3/t20-;8-;7-;/m111./s1/i;;;1D. The first-order valence-electron chi connectivity index (χ1n) is 26.1. The lowest BCUT2D eigenvalue weighted by Crippen LogP contribution is -2.30. The lowest BCUT2D eigenvalue weighted by molar-refractivity contribution is -0.115. The number of rotatable bonds is 9. The van der Waals surface area contributed by atoms with E-state index in [0.29, 0.717) is 93.0 Å². The number of phenolic OH excluding ortho intramolecular Hbond substituents is 3. The molecule has 406 valence electrons. The number of carbonyl (C=O) groups excluding carboxylic acids is 3. The largest absolute Gasteiger partial charge is 0.507 e. The number of alkyl halides is 4. The van der Waals surface area contributed by atoms with Gasteiger partial charge >= 0.3 is 0 Å². The van der Waals surface area contributed by atoms with Crippen molar-refractivity contribution in [1.29, 1.82) is 0 Å². The van der Waals surface area contributed by atoms with E-state index in [9.17, 15) is 29.7 Å². The van der Waals surface area contributed by atoms with Crippen molar-refractivity contribution < 1.29 is 31.1 Å². The summed E-state index contributed by atoms with van der Waals surface area (Å²) in [4.78, 5) is 50.4. The normalized spacial score (nSPS) is 15.9. The minimum atomic E-state index is -0.328. The van der Waals surface area contributed by atoms with Gasteiger partial charge in [0.15, 0.2) is 0 Å². The van der Waals surface area contributed by atoms with Crippen LogP contribution in [-0.2, 0) is 4.79 Å². The predicted octanol–water partition coefficient (Wildman–Crippen LogP) is 14.3. The van der Waals surface area contributed by atoms with Crippen molar-refractivity contribution in [3.8, 4) is 17.2 Å². The zero-order valence-electron chi connectivity index (χ0n) is 43.6. The van der Waals surface area contributed by atoms with Crippen LogP contribution in [0.1, 0.15) is 68.8 Å². The molecule has 3 aromatic heterocycles. The smallest absolute Gasteiger partial charge is 0.274 e. The molecule has 3 aliphatic heterocycles. The summed E-state index contributed by atoms with van der Waals surface area (Å²) in [5, 5.41) is 49.2. The monoisotopic (exact) mass is 1250 g/mol. The van der Waals surface area contributed by atoms with E-state index in [4.69, 9.17) is 36.2 Å². The first kappa shape index (κ1) is 54.0. The van der Waals surface area contributed by atoms with Crippen LogP contribution in [0.15, 0.2) is 121 Å². The first-order valence-corrected chi connectivity index (χ1v) is 29.2. The van der Waals surface area contributed by atoms with Gasteiger partial charge in [-0.25, -0.2) is 0 Å². The molecule has 14 nitrogen and oxygen atoms in total. The molecule has 13 rings (SSSR count). The number of aromatic amines is 3. The Balaban J connectivity index is 0.000000166. The fraction of sp³-hybridized carbons (Fsp3) is 0.217. The molecule has 0 radical (unpaired) electrons. The van der Waals surface area contributed by atoms with Gasteiger partial charge in [-0.15, -0.1) is 34.8 Å². The van der Waals surface area contributed by atoms with E-state index in [0.717, 1.165) is 89.8 Å². The van der Waals surface area contributed by atoms with Gasteiger partial charge in [0.25, 0.3) is 11.8 Å². The molecule has 6 heterocycles. The van der Waals surface area contributed by atoms with Gasteiger partial charge in [0.05, 0.1) is 11.2 Å². The summed E-state index contributed by atoms with van der Waals surface area (Å²) < 4.78 is 6.20. The van der Waals surface area contributed by atoms with Crippen LogP contribution < -0.4 is 26.2 Å². The Kier molecular flexibility index (Phi) is 16.3. The third-order valence-electron chi connectivity index (χ3n) is 14.7. The van der Waals surface area contributed by atoms with Crippen LogP contribution in [0, 0.1) is 6.92 Å². The summed E-state index contributed by atoms with van der Waals surface area (Å²) in [5.74, 6) is 2.64. The molecule has 0 saturated carbocycles. The maximum Gasteiger partial charge on any atom is 0.274 e. The zero-order valence-corrected chi connectivity index (χ0v) is 47.9. The molecular formula is C60H56Cl3IN8O6S. The number of carbonyl (C=O) groups is 3. The highest BCUT2D eigenvalue weighted by Gasteiger charge is 2.36. The highest BCUT2D eigenvalue weighted by molar-refractivity contribution is 14.1. The predicted molar refractivity (Wildman–Crippen MR) is 337 cm³/mol. The number of halogens is 4. The summed E-state index contributed by atoms with van der Waals surface area (Å²) in [6, 6.07) is 35.0. The second-order valence-corrected chi connectivity index (χ2v) is 20.9. The lowest BCUT2D eigenvalue weighted by atomic mass is 9.95. The number of thiol groups is 1. The molecule has 0 bridgehead atoms. The van der Waals surface area contributed by atoms with Gasteiger partial charge in [-0.3, -0.25) is 14.4 Å². The molecule has 3 atom stereocenters. The van der Waals surface area contributed by atoms with Crippen LogP contribution in [0.2, 0.25) is 0 Å². The topological polar surface area (TPSA) is 211 Å². The Hall–Kier alpha value is -6.96. The lowest BCUT2D eigenvalue weighted by Gasteiger charge is -2.17. The molecule has 0 spiro atoms. The van der Waals surface area contributed by atoms with Gasteiger partial charge in [-0.2, -0.15) is 12.6 Å². The first-order chi connectivity index (χ1) is 38.8. The van der Waals surface area contributed by atoms with Gasteiger partial charge < -0.3 is 56.4 Å². The van der Waals surface area contributed by atoms with E-state index >= 15 is 0 Å². The van der Waals surface area contributed by atoms with Crippen molar-refractivity contribution >= 4 is 170 Å². The molecule has 10 aromatic rings. The van der Waals surface area contributed by atoms with Crippen molar-refractivity contribution in [3.05, 3.63) is 155 Å². The summed E-state index contributed by atoms with van der Waals surface area (Å²) in [6.45, 7) is 4.15. The number of phenols is 3. The third-order valence-corrected chi connectivity index (χ3v) is 16.0. The Bertz CT molecular complexity index is 4000. The van der Waals surface area contributed by atoms with Crippen LogP contribution in [0.25, 0.3) is 54.3 Å². The minimum Gasteiger partial charge on any atom is -0.507 e. The summed E-state index contributed by atoms with van der Waals surface area (Å²) in [6.07, 6.45) is 2.24. The number of aromatic nitrogens is 3. The molecule has 0 unspecified atom stereocenters. The van der Waals surface area contributed by atoms with Crippen LogP contribution in [-0.4, -0.2) is 95.9 Å². The SMILES string of the molecule is Cc1c[nH]c2c(O)cc3c(c12)[C@H](CCl)CN3.O=C(CCS)Nc1ccc2[nH]c(C(=O)Nc3ccc4[nH]c(C(=O)N5C[C@@H](CCl)c6c5cc(O)c5ccccc65)cc4c3)cc2c1.Oc1cc2c(c3ccccc13)[C@H](CCl)CN2.[2H]CI. The summed E-state index contributed by atoms with van der Waals surface area (Å²) in [7, 11) is 0. The van der Waals surface area contributed by atoms with Crippen LogP contribution in [0.4, 0.5) is 28.4 Å². The van der Waals surface area contributed by atoms with E-state index < -0.39 is 0 Å². The molecule has 79 heavy (non-hydrogen) atoms. The molecule has 0 fully saturated rings. The molecule has 0 aliphatic carbocycles. The maximum atomic E-state index is 13.8. The van der Waals surface area contributed by atoms with Gasteiger partial charge in [-0.05, 0) is 99.1 Å². The Labute approximate surface area is 490 Å². The quantitative estimate of drug-likeness (QED) is 0.0379. The highest BCUT2D eigenvalue weighted by atomic mass is 127. The third kappa shape index (κ3) is 10.8. The van der Waals surface area contributed by atoms with Crippen molar-refractivity contribution in [2.45, 2.75) is 31.1 Å².